The highest BCUT2D eigenvalue weighted by Crippen LogP contribution is 2.33. The van der Waals surface area contributed by atoms with Gasteiger partial charge in [0.1, 0.15) is 18.1 Å². The molecule has 0 bridgehead atoms. The van der Waals surface area contributed by atoms with Gasteiger partial charge in [0.05, 0.1) is 22.7 Å². The lowest BCUT2D eigenvalue weighted by Crippen LogP contribution is -2.21. The van der Waals surface area contributed by atoms with Crippen molar-refractivity contribution in [3.8, 4) is 22.7 Å². The van der Waals surface area contributed by atoms with Crippen LogP contribution in [0.15, 0.2) is 138 Å². The van der Waals surface area contributed by atoms with E-state index in [4.69, 9.17) is 14.9 Å². The average Bonchev–Trinajstić information content (AvgIpc) is 3.61. The molecule has 7 heteroatoms. The summed E-state index contributed by atoms with van der Waals surface area (Å²) < 4.78 is 7.62. The van der Waals surface area contributed by atoms with Crippen molar-refractivity contribution in [2.24, 2.45) is 5.10 Å². The van der Waals surface area contributed by atoms with Crippen molar-refractivity contribution in [1.29, 1.82) is 0 Å². The first-order valence-electron chi connectivity index (χ1n) is 14.4. The van der Waals surface area contributed by atoms with Gasteiger partial charge < -0.3 is 4.74 Å². The Morgan fingerprint density at radius 1 is 0.886 bits per heavy atom. The Balaban J connectivity index is 1.43. The number of carbonyl (C=O) groups excluding carboxylic acids is 1. The normalized spacial score (nSPS) is 13.8. The summed E-state index contributed by atoms with van der Waals surface area (Å²) in [4.78, 5) is 15.1. The Labute approximate surface area is 262 Å². The zero-order valence-electron chi connectivity index (χ0n) is 24.7. The van der Waals surface area contributed by atoms with Crippen molar-refractivity contribution in [3.63, 3.8) is 0 Å². The minimum absolute atomic E-state index is 0.168. The molecular weight excluding hydrogens is 565 g/mol. The molecule has 6 nitrogen and oxygen atoms in total. The van der Waals surface area contributed by atoms with Gasteiger partial charge in [0.2, 0.25) is 0 Å². The van der Waals surface area contributed by atoms with Gasteiger partial charge in [-0.15, -0.1) is 11.8 Å². The number of benzene rings is 4. The van der Waals surface area contributed by atoms with E-state index in [-0.39, 0.29) is 5.91 Å². The number of hydrogen-bond acceptors (Lipinski definition) is 5. The summed E-state index contributed by atoms with van der Waals surface area (Å²) in [7, 11) is 0. The second kappa shape index (κ2) is 13.0. The first-order chi connectivity index (χ1) is 21.5. The molecule has 1 aromatic heterocycles. The summed E-state index contributed by atoms with van der Waals surface area (Å²) in [6.07, 6.45) is 5.63. The van der Waals surface area contributed by atoms with Gasteiger partial charge in [-0.3, -0.25) is 4.79 Å². The molecule has 0 saturated heterocycles. The van der Waals surface area contributed by atoms with Crippen molar-refractivity contribution in [1.82, 2.24) is 9.78 Å². The second-order valence-corrected chi connectivity index (χ2v) is 11.5. The first-order valence-corrected chi connectivity index (χ1v) is 15.4. The fourth-order valence-corrected chi connectivity index (χ4v) is 5.80. The Morgan fingerprint density at radius 3 is 2.27 bits per heavy atom. The second-order valence-electron chi connectivity index (χ2n) is 10.4. The molecule has 44 heavy (non-hydrogen) atoms. The van der Waals surface area contributed by atoms with E-state index in [1.54, 1.807) is 17.8 Å². The third-order valence-electron chi connectivity index (χ3n) is 7.24. The third kappa shape index (κ3) is 6.28. The molecule has 0 spiro atoms. The number of nitrogens with zero attached hydrogens (tertiary/aromatic N) is 4. The SMILES string of the molecule is C=CCOc1ccc(-c2nn(-c3ccccc3)cc2C=C2C(=O)N(c3ccccc3)N=C2CSc2ccc(C)cc2)c(C)c1. The zero-order valence-corrected chi connectivity index (χ0v) is 25.5. The number of ether oxygens (including phenoxy) is 1. The van der Waals surface area contributed by atoms with Gasteiger partial charge in [-0.2, -0.15) is 15.2 Å². The van der Waals surface area contributed by atoms with E-state index < -0.39 is 0 Å². The van der Waals surface area contributed by atoms with Gasteiger partial charge in [0, 0.05) is 28.0 Å². The maximum atomic E-state index is 14.0. The maximum Gasteiger partial charge on any atom is 0.280 e. The fraction of sp³-hybridized carbons (Fsp3) is 0.108. The Kier molecular flexibility index (Phi) is 8.57. The first kappa shape index (κ1) is 29.0. The number of hydrazone groups is 1. The van der Waals surface area contributed by atoms with Gasteiger partial charge >= 0.3 is 0 Å². The van der Waals surface area contributed by atoms with Gasteiger partial charge in [-0.05, 0) is 80.1 Å². The summed E-state index contributed by atoms with van der Waals surface area (Å²) in [5.74, 6) is 1.14. The molecule has 0 N–H and O–H groups in total. The number of aromatic nitrogens is 2. The van der Waals surface area contributed by atoms with E-state index in [1.807, 2.05) is 103 Å². The molecule has 4 aromatic carbocycles. The van der Waals surface area contributed by atoms with Crippen LogP contribution in [0, 0.1) is 13.8 Å². The summed E-state index contributed by atoms with van der Waals surface area (Å²) >= 11 is 1.66. The van der Waals surface area contributed by atoms with Crippen LogP contribution in [-0.2, 0) is 4.79 Å². The largest absolute Gasteiger partial charge is 0.490 e. The lowest BCUT2D eigenvalue weighted by Gasteiger charge is -2.11. The molecule has 0 aliphatic carbocycles. The zero-order chi connectivity index (χ0) is 30.5. The molecule has 1 aliphatic rings. The lowest BCUT2D eigenvalue weighted by molar-refractivity contribution is -0.114. The van der Waals surface area contributed by atoms with E-state index in [0.29, 0.717) is 23.6 Å². The quantitative estimate of drug-likeness (QED) is 0.0925. The van der Waals surface area contributed by atoms with Crippen LogP contribution in [0.4, 0.5) is 5.69 Å². The summed E-state index contributed by atoms with van der Waals surface area (Å²) in [6, 6.07) is 33.9. The van der Waals surface area contributed by atoms with Crippen molar-refractivity contribution in [2.45, 2.75) is 18.7 Å². The van der Waals surface area contributed by atoms with E-state index in [1.165, 1.54) is 10.6 Å². The van der Waals surface area contributed by atoms with Crippen LogP contribution < -0.4 is 9.75 Å². The molecular formula is C37H32N4O2S. The molecule has 1 amide bonds. The van der Waals surface area contributed by atoms with Crippen molar-refractivity contribution < 1.29 is 9.53 Å². The number of para-hydroxylation sites is 2. The van der Waals surface area contributed by atoms with E-state index in [9.17, 15) is 4.79 Å². The predicted octanol–water partition coefficient (Wildman–Crippen LogP) is 8.30. The summed E-state index contributed by atoms with van der Waals surface area (Å²) in [5.41, 5.74) is 7.68. The predicted molar refractivity (Wildman–Crippen MR) is 181 cm³/mol. The number of thioether (sulfide) groups is 1. The molecule has 1 aliphatic heterocycles. The minimum Gasteiger partial charge on any atom is -0.490 e. The van der Waals surface area contributed by atoms with Gasteiger partial charge in [0.15, 0.2) is 0 Å². The van der Waals surface area contributed by atoms with Crippen LogP contribution >= 0.6 is 11.8 Å². The van der Waals surface area contributed by atoms with Crippen LogP contribution in [0.2, 0.25) is 0 Å². The van der Waals surface area contributed by atoms with Gasteiger partial charge in [-0.1, -0.05) is 66.7 Å². The lowest BCUT2D eigenvalue weighted by atomic mass is 10.00. The van der Waals surface area contributed by atoms with Crippen LogP contribution in [0.5, 0.6) is 5.75 Å². The van der Waals surface area contributed by atoms with Gasteiger partial charge in [-0.25, -0.2) is 4.68 Å². The van der Waals surface area contributed by atoms with E-state index >= 15 is 0 Å². The monoisotopic (exact) mass is 596 g/mol. The van der Waals surface area contributed by atoms with Crippen LogP contribution in [0.3, 0.4) is 0 Å². The highest BCUT2D eigenvalue weighted by Gasteiger charge is 2.32. The topological polar surface area (TPSA) is 59.7 Å². The molecule has 2 heterocycles. The highest BCUT2D eigenvalue weighted by atomic mass is 32.2. The molecule has 0 fully saturated rings. The summed E-state index contributed by atoms with van der Waals surface area (Å²) in [5, 5.41) is 11.3. The van der Waals surface area contributed by atoms with Crippen LogP contribution in [-0.4, -0.2) is 33.8 Å². The minimum atomic E-state index is -0.168. The average molecular weight is 597 g/mol. The smallest absolute Gasteiger partial charge is 0.280 e. The van der Waals surface area contributed by atoms with Crippen molar-refractivity contribution in [3.05, 3.63) is 144 Å². The number of hydrogen-bond donors (Lipinski definition) is 0. The molecule has 0 unspecified atom stereocenters. The van der Waals surface area contributed by atoms with Gasteiger partial charge in [0.25, 0.3) is 5.91 Å². The number of rotatable bonds is 10. The molecule has 0 atom stereocenters. The molecule has 6 rings (SSSR count). The molecule has 5 aromatic rings. The Hall–Kier alpha value is -5.14. The van der Waals surface area contributed by atoms with Crippen LogP contribution in [0.25, 0.3) is 23.0 Å². The number of anilines is 1. The molecule has 0 radical (unpaired) electrons. The summed E-state index contributed by atoms with van der Waals surface area (Å²) in [6.45, 7) is 8.28. The van der Waals surface area contributed by atoms with E-state index in [2.05, 4.69) is 37.8 Å². The Morgan fingerprint density at radius 2 is 1.59 bits per heavy atom. The van der Waals surface area contributed by atoms with Crippen LogP contribution in [0.1, 0.15) is 16.7 Å². The number of carbonyl (C=O) groups is 1. The number of amides is 1. The highest BCUT2D eigenvalue weighted by molar-refractivity contribution is 8.00. The standard InChI is InChI=1S/C37H32N4O2S/c1-4-21-43-31-17-20-33(27(3)22-31)36-28(24-40(39-36)29-11-7-5-8-12-29)23-34-35(25-44-32-18-15-26(2)16-19-32)38-41(37(34)42)30-13-9-6-10-14-30/h4-20,22-24H,1,21,25H2,2-3H3. The Bertz CT molecular complexity index is 1860. The fourth-order valence-electron chi connectivity index (χ4n) is 4.96. The molecule has 0 saturated carbocycles. The van der Waals surface area contributed by atoms with E-state index in [0.717, 1.165) is 44.4 Å². The number of aryl methyl sites for hydroxylation is 2. The molecule has 218 valence electrons. The van der Waals surface area contributed by atoms with Crippen molar-refractivity contribution >= 4 is 35.1 Å². The maximum absolute atomic E-state index is 14.0. The van der Waals surface area contributed by atoms with Crippen molar-refractivity contribution in [2.75, 3.05) is 17.4 Å². The third-order valence-corrected chi connectivity index (χ3v) is 8.26.